The summed E-state index contributed by atoms with van der Waals surface area (Å²) in [5.41, 5.74) is 0. The summed E-state index contributed by atoms with van der Waals surface area (Å²) in [5.74, 6) is 0. The topological polar surface area (TPSA) is 86.2 Å². The molecule has 7 heteroatoms. The van der Waals surface area contributed by atoms with Gasteiger partial charge in [0.25, 0.3) is 0 Å². The SMILES string of the molecule is O=P([O-])([O-])[O-].[La+3].[Sr+2]. The van der Waals surface area contributed by atoms with E-state index in [4.69, 9.17) is 19.2 Å². The Labute approximate surface area is 106 Å². The molecule has 0 aromatic heterocycles. The third kappa shape index (κ3) is 52.1. The summed E-state index contributed by atoms with van der Waals surface area (Å²) >= 11 is 0. The second kappa shape index (κ2) is 6.90. The number of rotatable bonds is 0. The fourth-order valence-corrected chi connectivity index (χ4v) is 0. The molecule has 0 aliphatic rings. The molecule has 0 amide bonds. The van der Waals surface area contributed by atoms with Crippen molar-refractivity contribution >= 4 is 53.3 Å². The van der Waals surface area contributed by atoms with Gasteiger partial charge in [-0.2, -0.15) is 7.82 Å². The van der Waals surface area contributed by atoms with Crippen molar-refractivity contribution in [1.82, 2.24) is 0 Å². The van der Waals surface area contributed by atoms with E-state index in [2.05, 4.69) is 0 Å². The number of phosphoric acid groups is 1. The summed E-state index contributed by atoms with van der Waals surface area (Å²) in [7, 11) is -5.39. The van der Waals surface area contributed by atoms with Crippen LogP contribution in [0.1, 0.15) is 0 Å². The Kier molecular flexibility index (Phi) is 16.2. The minimum atomic E-state index is -5.39. The van der Waals surface area contributed by atoms with Gasteiger partial charge in [0.05, 0.1) is 0 Å². The van der Waals surface area contributed by atoms with Crippen molar-refractivity contribution in [3.05, 3.63) is 0 Å². The summed E-state index contributed by atoms with van der Waals surface area (Å²) in [6.07, 6.45) is 0. The van der Waals surface area contributed by atoms with Crippen LogP contribution in [0, 0.1) is 35.6 Å². The molecule has 0 radical (unpaired) electrons. The molecule has 0 aromatic carbocycles. The summed E-state index contributed by atoms with van der Waals surface area (Å²) in [6, 6.07) is 0. The molecule has 0 spiro atoms. The maximum absolute atomic E-state index is 8.55. The normalized spacial score (nSPS) is 8.43. The van der Waals surface area contributed by atoms with Gasteiger partial charge in [-0.05, 0) is 0 Å². The molecule has 0 saturated heterocycles. The average molecular weight is 321 g/mol. The maximum Gasteiger partial charge on any atom is 3.00 e. The number of hydrogen-bond acceptors (Lipinski definition) is 4. The molecule has 32 valence electrons. The van der Waals surface area contributed by atoms with Crippen molar-refractivity contribution in [2.75, 3.05) is 0 Å². The predicted molar refractivity (Wildman–Crippen MR) is 13.4 cm³/mol. The van der Waals surface area contributed by atoms with Gasteiger partial charge >= 0.3 is 81.1 Å². The molecule has 0 aromatic rings. The van der Waals surface area contributed by atoms with E-state index in [0.29, 0.717) is 0 Å². The largest absolute Gasteiger partial charge is 3.00 e. The fraction of sp³-hybridized carbons (Fsp3) is 0. The minimum Gasteiger partial charge on any atom is -0.822 e. The van der Waals surface area contributed by atoms with Crippen LogP contribution in [0.5, 0.6) is 0 Å². The predicted octanol–water partition coefficient (Wildman–Crippen LogP) is -3.21. The Morgan fingerprint density at radius 1 is 1.14 bits per heavy atom. The summed E-state index contributed by atoms with van der Waals surface area (Å²) < 4.78 is 8.55. The van der Waals surface area contributed by atoms with Gasteiger partial charge in [0, 0.05) is 0 Å². The van der Waals surface area contributed by atoms with E-state index < -0.39 is 7.82 Å². The Balaban J connectivity index is -0.0000000800. The monoisotopic (exact) mass is 322 g/mol. The molecule has 0 saturated carbocycles. The van der Waals surface area contributed by atoms with Crippen LogP contribution in [0.4, 0.5) is 0 Å². The van der Waals surface area contributed by atoms with Crippen LogP contribution in [-0.4, -0.2) is 45.5 Å². The van der Waals surface area contributed by atoms with E-state index in [-0.39, 0.29) is 81.1 Å². The van der Waals surface area contributed by atoms with Gasteiger partial charge in [0.15, 0.2) is 0 Å². The van der Waals surface area contributed by atoms with Crippen molar-refractivity contribution in [1.29, 1.82) is 0 Å². The summed E-state index contributed by atoms with van der Waals surface area (Å²) in [6.45, 7) is 0. The first-order valence-corrected chi connectivity index (χ1v) is 2.19. The molecule has 0 aliphatic heterocycles. The molecule has 0 atom stereocenters. The molecular weight excluding hydrogens is 321 g/mol. The molecule has 0 N–H and O–H groups in total. The molecular formula is LaO4PSr+2. The van der Waals surface area contributed by atoms with Crippen LogP contribution >= 0.6 is 7.82 Å². The van der Waals surface area contributed by atoms with Crippen LogP contribution in [0.3, 0.4) is 0 Å². The third-order valence-corrected chi connectivity index (χ3v) is 0. The third-order valence-electron chi connectivity index (χ3n) is 0. The summed E-state index contributed by atoms with van der Waals surface area (Å²) in [5, 5.41) is 0. The van der Waals surface area contributed by atoms with Crippen molar-refractivity contribution in [3.8, 4) is 0 Å². The van der Waals surface area contributed by atoms with Gasteiger partial charge in [-0.3, -0.25) is 0 Å². The quantitative estimate of drug-likeness (QED) is 0.347. The van der Waals surface area contributed by atoms with Crippen molar-refractivity contribution in [2.24, 2.45) is 0 Å². The molecule has 4 nitrogen and oxygen atoms in total. The first-order valence-electron chi connectivity index (χ1n) is 0.730. The van der Waals surface area contributed by atoms with E-state index in [0.717, 1.165) is 0 Å². The van der Waals surface area contributed by atoms with E-state index >= 15 is 0 Å². The van der Waals surface area contributed by atoms with Gasteiger partial charge in [-0.25, -0.2) is 0 Å². The maximum atomic E-state index is 8.55. The van der Waals surface area contributed by atoms with Crippen LogP contribution in [0.2, 0.25) is 0 Å². The Morgan fingerprint density at radius 3 is 1.14 bits per heavy atom. The van der Waals surface area contributed by atoms with Crippen LogP contribution < -0.4 is 14.7 Å². The molecule has 0 heterocycles. The zero-order chi connectivity index (χ0) is 4.50. The molecule has 0 bridgehead atoms. The van der Waals surface area contributed by atoms with Crippen molar-refractivity contribution in [3.63, 3.8) is 0 Å². The van der Waals surface area contributed by atoms with E-state index in [1.807, 2.05) is 0 Å². The van der Waals surface area contributed by atoms with Gasteiger partial charge in [-0.1, -0.05) is 0 Å². The molecule has 7 heavy (non-hydrogen) atoms. The molecule has 0 unspecified atom stereocenters. The van der Waals surface area contributed by atoms with Crippen LogP contribution in [0.15, 0.2) is 0 Å². The van der Waals surface area contributed by atoms with Crippen molar-refractivity contribution in [2.45, 2.75) is 0 Å². The first-order chi connectivity index (χ1) is 2.00. The van der Waals surface area contributed by atoms with Gasteiger partial charge < -0.3 is 19.2 Å². The summed E-state index contributed by atoms with van der Waals surface area (Å²) in [4.78, 5) is 25.6. The zero-order valence-corrected chi connectivity index (χ0v) is 11.4. The van der Waals surface area contributed by atoms with Crippen LogP contribution in [-0.2, 0) is 4.57 Å². The van der Waals surface area contributed by atoms with Gasteiger partial charge in [0.2, 0.25) is 0 Å². The van der Waals surface area contributed by atoms with E-state index in [9.17, 15) is 0 Å². The number of hydrogen-bond donors (Lipinski definition) is 0. The first kappa shape index (κ1) is 16.4. The second-order valence-corrected chi connectivity index (χ2v) is 1.34. The van der Waals surface area contributed by atoms with Gasteiger partial charge in [-0.15, -0.1) is 0 Å². The fourth-order valence-electron chi connectivity index (χ4n) is 0. The smallest absolute Gasteiger partial charge is 0.822 e. The average Bonchev–Trinajstić information content (AvgIpc) is 0.722. The van der Waals surface area contributed by atoms with Crippen LogP contribution in [0.25, 0.3) is 0 Å². The Bertz CT molecular complexity index is 57.8. The Hall–Kier alpha value is 2.79. The standard InChI is InChI=1S/La.H3O4P.Sr/c;1-5(2,3)4;/h;(H3,1,2,3,4);/q+3;;+2/p-3. The minimum absolute atomic E-state index is 0. The van der Waals surface area contributed by atoms with E-state index in [1.165, 1.54) is 0 Å². The van der Waals surface area contributed by atoms with E-state index in [1.54, 1.807) is 0 Å². The molecule has 0 rings (SSSR count). The van der Waals surface area contributed by atoms with Gasteiger partial charge in [0.1, 0.15) is 0 Å². The van der Waals surface area contributed by atoms with Crippen molar-refractivity contribution < 1.29 is 54.8 Å². The zero-order valence-electron chi connectivity index (χ0n) is 3.36. The molecule has 0 fully saturated rings. The molecule has 0 aliphatic carbocycles. The Morgan fingerprint density at radius 2 is 1.14 bits per heavy atom. The second-order valence-electron chi connectivity index (χ2n) is 0.447.